The van der Waals surface area contributed by atoms with E-state index in [-0.39, 0.29) is 12.5 Å². The Morgan fingerprint density at radius 3 is 2.58 bits per heavy atom. The van der Waals surface area contributed by atoms with E-state index in [9.17, 15) is 13.6 Å². The van der Waals surface area contributed by atoms with Gasteiger partial charge in [-0.05, 0) is 19.9 Å². The van der Waals surface area contributed by atoms with Crippen LogP contribution in [0, 0.1) is 11.6 Å². The van der Waals surface area contributed by atoms with E-state index in [0.29, 0.717) is 18.1 Å². The van der Waals surface area contributed by atoms with Crippen LogP contribution in [0.1, 0.15) is 25.5 Å². The number of hydrogen-bond donors (Lipinski definition) is 2. The van der Waals surface area contributed by atoms with E-state index in [0.717, 1.165) is 11.6 Å². The molecule has 132 valence electrons. The number of benzene rings is 1. The highest BCUT2D eigenvalue weighted by atomic mass is 19.1. The SMILES string of the molecule is C=C(C)CNC(=NCC(=O)N(C)C)NC(C)c1ccc(F)cc1F. The molecule has 1 amide bonds. The van der Waals surface area contributed by atoms with Gasteiger partial charge in [-0.1, -0.05) is 18.2 Å². The molecular weight excluding hydrogens is 314 g/mol. The minimum atomic E-state index is -0.640. The lowest BCUT2D eigenvalue weighted by Gasteiger charge is -2.19. The lowest BCUT2D eigenvalue weighted by Crippen LogP contribution is -2.40. The third kappa shape index (κ3) is 6.36. The maximum Gasteiger partial charge on any atom is 0.243 e. The topological polar surface area (TPSA) is 56.7 Å². The van der Waals surface area contributed by atoms with Crippen LogP contribution in [0.3, 0.4) is 0 Å². The van der Waals surface area contributed by atoms with E-state index in [1.165, 1.54) is 17.0 Å². The summed E-state index contributed by atoms with van der Waals surface area (Å²) in [5, 5.41) is 6.02. The zero-order valence-electron chi connectivity index (χ0n) is 14.5. The number of rotatable bonds is 6. The van der Waals surface area contributed by atoms with Crippen molar-refractivity contribution in [3.8, 4) is 0 Å². The molecule has 0 bridgehead atoms. The van der Waals surface area contributed by atoms with Gasteiger partial charge in [0.2, 0.25) is 5.91 Å². The molecule has 1 atom stereocenters. The minimum Gasteiger partial charge on any atom is -0.353 e. The predicted molar refractivity (Wildman–Crippen MR) is 91.7 cm³/mol. The molecule has 2 N–H and O–H groups in total. The summed E-state index contributed by atoms with van der Waals surface area (Å²) in [7, 11) is 3.28. The van der Waals surface area contributed by atoms with Crippen molar-refractivity contribution in [2.75, 3.05) is 27.2 Å². The van der Waals surface area contributed by atoms with Crippen LogP contribution < -0.4 is 10.6 Å². The normalized spacial score (nSPS) is 12.5. The number of aliphatic imine (C=N–C) groups is 1. The molecule has 24 heavy (non-hydrogen) atoms. The van der Waals surface area contributed by atoms with E-state index < -0.39 is 17.7 Å². The third-order valence-electron chi connectivity index (χ3n) is 3.21. The van der Waals surface area contributed by atoms with Crippen molar-refractivity contribution in [1.82, 2.24) is 15.5 Å². The van der Waals surface area contributed by atoms with Gasteiger partial charge in [0.1, 0.15) is 18.2 Å². The van der Waals surface area contributed by atoms with Gasteiger partial charge in [0.25, 0.3) is 0 Å². The van der Waals surface area contributed by atoms with E-state index in [2.05, 4.69) is 22.2 Å². The molecule has 1 aromatic rings. The molecule has 0 saturated heterocycles. The maximum atomic E-state index is 13.9. The molecule has 0 aliphatic heterocycles. The van der Waals surface area contributed by atoms with Crippen molar-refractivity contribution in [2.45, 2.75) is 19.9 Å². The lowest BCUT2D eigenvalue weighted by atomic mass is 10.1. The molecule has 0 fully saturated rings. The number of nitrogens with one attached hydrogen (secondary N) is 2. The molecule has 1 unspecified atom stereocenters. The van der Waals surface area contributed by atoms with Gasteiger partial charge >= 0.3 is 0 Å². The molecule has 1 rings (SSSR count). The molecule has 0 saturated carbocycles. The van der Waals surface area contributed by atoms with Crippen molar-refractivity contribution in [1.29, 1.82) is 0 Å². The smallest absolute Gasteiger partial charge is 0.243 e. The van der Waals surface area contributed by atoms with E-state index >= 15 is 0 Å². The summed E-state index contributed by atoms with van der Waals surface area (Å²) in [4.78, 5) is 17.3. The van der Waals surface area contributed by atoms with Crippen LogP contribution in [0.2, 0.25) is 0 Å². The molecule has 0 radical (unpaired) electrons. The van der Waals surface area contributed by atoms with Crippen LogP contribution in [0.5, 0.6) is 0 Å². The van der Waals surface area contributed by atoms with Gasteiger partial charge < -0.3 is 15.5 Å². The highest BCUT2D eigenvalue weighted by molar-refractivity contribution is 5.85. The van der Waals surface area contributed by atoms with Crippen LogP contribution in [-0.4, -0.2) is 44.0 Å². The number of carbonyl (C=O) groups excluding carboxylic acids is 1. The van der Waals surface area contributed by atoms with E-state index in [1.54, 1.807) is 21.0 Å². The first-order valence-corrected chi connectivity index (χ1v) is 7.55. The summed E-state index contributed by atoms with van der Waals surface area (Å²) in [6, 6.07) is 2.95. The number of amides is 1. The van der Waals surface area contributed by atoms with Gasteiger partial charge in [0.05, 0.1) is 6.04 Å². The molecule has 0 aliphatic carbocycles. The fraction of sp³-hybridized carbons (Fsp3) is 0.412. The predicted octanol–water partition coefficient (Wildman–Crippen LogP) is 2.23. The summed E-state index contributed by atoms with van der Waals surface area (Å²) in [6.07, 6.45) is 0. The number of nitrogens with zero attached hydrogens (tertiary/aromatic N) is 2. The number of halogens is 2. The summed E-state index contributed by atoms with van der Waals surface area (Å²) >= 11 is 0. The Morgan fingerprint density at radius 1 is 1.38 bits per heavy atom. The highest BCUT2D eigenvalue weighted by Crippen LogP contribution is 2.17. The Hall–Kier alpha value is -2.44. The molecule has 5 nitrogen and oxygen atoms in total. The maximum absolute atomic E-state index is 13.9. The molecule has 0 aliphatic rings. The molecule has 0 spiro atoms. The number of likely N-dealkylation sites (N-methyl/N-ethyl adjacent to an activating group) is 1. The second-order valence-electron chi connectivity index (χ2n) is 5.80. The second-order valence-corrected chi connectivity index (χ2v) is 5.80. The van der Waals surface area contributed by atoms with Crippen molar-refractivity contribution in [3.05, 3.63) is 47.5 Å². The highest BCUT2D eigenvalue weighted by Gasteiger charge is 2.14. The van der Waals surface area contributed by atoms with Crippen LogP contribution in [-0.2, 0) is 4.79 Å². The van der Waals surface area contributed by atoms with Crippen molar-refractivity contribution >= 4 is 11.9 Å². The summed E-state index contributed by atoms with van der Waals surface area (Å²) in [5.41, 5.74) is 1.18. The molecule has 7 heteroatoms. The largest absolute Gasteiger partial charge is 0.353 e. The van der Waals surface area contributed by atoms with Gasteiger partial charge in [0, 0.05) is 32.3 Å². The van der Waals surface area contributed by atoms with Crippen LogP contribution in [0.15, 0.2) is 35.3 Å². The van der Waals surface area contributed by atoms with Crippen molar-refractivity contribution in [2.24, 2.45) is 4.99 Å². The average Bonchev–Trinajstić information content (AvgIpc) is 2.49. The Morgan fingerprint density at radius 2 is 2.04 bits per heavy atom. The molecule has 0 aromatic heterocycles. The van der Waals surface area contributed by atoms with Gasteiger partial charge in [-0.25, -0.2) is 13.8 Å². The first kappa shape index (κ1) is 19.6. The summed E-state index contributed by atoms with van der Waals surface area (Å²) < 4.78 is 26.9. The number of carbonyl (C=O) groups is 1. The van der Waals surface area contributed by atoms with Crippen LogP contribution in [0.25, 0.3) is 0 Å². The average molecular weight is 338 g/mol. The molecule has 0 heterocycles. The Bertz CT molecular complexity index is 629. The fourth-order valence-corrected chi connectivity index (χ4v) is 1.81. The molecular formula is C17H24F2N4O. The Kier molecular flexibility index (Phi) is 7.35. The monoisotopic (exact) mass is 338 g/mol. The quantitative estimate of drug-likeness (QED) is 0.475. The van der Waals surface area contributed by atoms with Gasteiger partial charge in [-0.2, -0.15) is 0 Å². The Balaban J connectivity index is 2.87. The standard InChI is InChI=1S/C17H24F2N4O/c1-11(2)9-20-17(21-10-16(24)23(4)5)22-12(3)14-7-6-13(18)8-15(14)19/h6-8,12H,1,9-10H2,2-5H3,(H2,20,21,22). The molecule has 1 aromatic carbocycles. The zero-order chi connectivity index (χ0) is 18.3. The van der Waals surface area contributed by atoms with Gasteiger partial charge in [-0.3, -0.25) is 4.79 Å². The third-order valence-corrected chi connectivity index (χ3v) is 3.21. The van der Waals surface area contributed by atoms with Crippen LogP contribution >= 0.6 is 0 Å². The number of guanidine groups is 1. The lowest BCUT2D eigenvalue weighted by molar-refractivity contribution is -0.127. The minimum absolute atomic E-state index is 0.0445. The van der Waals surface area contributed by atoms with Crippen molar-refractivity contribution < 1.29 is 13.6 Å². The Labute approximate surface area is 141 Å². The first-order valence-electron chi connectivity index (χ1n) is 7.55. The van der Waals surface area contributed by atoms with E-state index in [4.69, 9.17) is 0 Å². The second kappa shape index (κ2) is 9.00. The van der Waals surface area contributed by atoms with Gasteiger partial charge in [-0.15, -0.1) is 0 Å². The first-order chi connectivity index (χ1) is 11.2. The fourth-order valence-electron chi connectivity index (χ4n) is 1.81. The van der Waals surface area contributed by atoms with Crippen LogP contribution in [0.4, 0.5) is 8.78 Å². The summed E-state index contributed by atoms with van der Waals surface area (Å²) in [6.45, 7) is 7.77. The zero-order valence-corrected chi connectivity index (χ0v) is 14.5. The summed E-state index contributed by atoms with van der Waals surface area (Å²) in [5.74, 6) is -1.08. The van der Waals surface area contributed by atoms with E-state index in [1.807, 2.05) is 6.92 Å². The van der Waals surface area contributed by atoms with Gasteiger partial charge in [0.15, 0.2) is 5.96 Å². The van der Waals surface area contributed by atoms with Crippen molar-refractivity contribution in [3.63, 3.8) is 0 Å². The number of hydrogen-bond acceptors (Lipinski definition) is 2.